The molecule has 2 rings (SSSR count). The van der Waals surface area contributed by atoms with Crippen molar-refractivity contribution in [3.05, 3.63) is 53.6 Å². The predicted molar refractivity (Wildman–Crippen MR) is 104 cm³/mol. The number of hydrogen-bond donors (Lipinski definition) is 2. The van der Waals surface area contributed by atoms with E-state index >= 15 is 0 Å². The van der Waals surface area contributed by atoms with E-state index in [2.05, 4.69) is 5.32 Å². The highest BCUT2D eigenvalue weighted by molar-refractivity contribution is 5.95. The number of para-hydroxylation sites is 1. The highest BCUT2D eigenvalue weighted by Gasteiger charge is 2.14. The monoisotopic (exact) mass is 355 g/mol. The minimum atomic E-state index is -0.404. The van der Waals surface area contributed by atoms with E-state index in [1.165, 1.54) is 0 Å². The van der Waals surface area contributed by atoms with E-state index in [0.717, 1.165) is 28.3 Å². The molecule has 0 aliphatic carbocycles. The maximum absolute atomic E-state index is 12.6. The fourth-order valence-corrected chi connectivity index (χ4v) is 2.70. The number of nitrogens with one attached hydrogen (secondary N) is 1. The predicted octanol–water partition coefficient (Wildman–Crippen LogP) is 2.63. The minimum absolute atomic E-state index is 0.118. The van der Waals surface area contributed by atoms with Crippen LogP contribution in [0.3, 0.4) is 0 Å². The number of nitrogens with two attached hydrogens (primary N) is 1. The van der Waals surface area contributed by atoms with Gasteiger partial charge in [0.05, 0.1) is 13.7 Å². The Bertz CT molecular complexity index is 752. The van der Waals surface area contributed by atoms with Crippen LogP contribution in [0.5, 0.6) is 5.75 Å². The molecule has 0 fully saturated rings. The molecule has 2 aromatic carbocycles. The lowest BCUT2D eigenvalue weighted by molar-refractivity contribution is -0.118. The van der Waals surface area contributed by atoms with Gasteiger partial charge in [-0.3, -0.25) is 9.59 Å². The highest BCUT2D eigenvalue weighted by Crippen LogP contribution is 2.21. The molecule has 26 heavy (non-hydrogen) atoms. The SMILES string of the molecule is COc1ccc(N(CCC(N)=O)CC(=O)Nc2c(C)cccc2C)cc1. The molecule has 6 nitrogen and oxygen atoms in total. The Hall–Kier alpha value is -3.02. The minimum Gasteiger partial charge on any atom is -0.497 e. The quantitative estimate of drug-likeness (QED) is 0.762. The van der Waals surface area contributed by atoms with E-state index in [1.54, 1.807) is 7.11 Å². The molecule has 6 heteroatoms. The normalized spacial score (nSPS) is 10.3. The smallest absolute Gasteiger partial charge is 0.243 e. The van der Waals surface area contributed by atoms with Crippen LogP contribution in [0, 0.1) is 13.8 Å². The van der Waals surface area contributed by atoms with Gasteiger partial charge in [0.15, 0.2) is 0 Å². The number of carbonyl (C=O) groups excluding carboxylic acids is 2. The fourth-order valence-electron chi connectivity index (χ4n) is 2.70. The molecule has 2 aromatic rings. The summed E-state index contributed by atoms with van der Waals surface area (Å²) in [6.07, 6.45) is 0.169. The number of nitrogens with zero attached hydrogens (tertiary/aromatic N) is 1. The van der Waals surface area contributed by atoms with E-state index in [9.17, 15) is 9.59 Å². The summed E-state index contributed by atoms with van der Waals surface area (Å²) in [7, 11) is 1.60. The van der Waals surface area contributed by atoms with Crippen molar-refractivity contribution in [3.63, 3.8) is 0 Å². The molecule has 0 spiro atoms. The number of carbonyl (C=O) groups is 2. The molecule has 0 bridgehead atoms. The number of methoxy groups -OCH3 is 1. The van der Waals surface area contributed by atoms with Crippen molar-refractivity contribution >= 4 is 23.2 Å². The standard InChI is InChI=1S/C20H25N3O3/c1-14-5-4-6-15(2)20(14)22-19(25)13-23(12-11-18(21)24)16-7-9-17(26-3)10-8-16/h4-10H,11-13H2,1-3H3,(H2,21,24)(H,22,25). The average molecular weight is 355 g/mol. The molecule has 0 aliphatic heterocycles. The Morgan fingerprint density at radius 1 is 1.08 bits per heavy atom. The Balaban J connectivity index is 2.14. The molecule has 2 amide bonds. The maximum atomic E-state index is 12.6. The largest absolute Gasteiger partial charge is 0.497 e. The number of primary amides is 1. The number of rotatable bonds is 8. The van der Waals surface area contributed by atoms with Gasteiger partial charge in [0.1, 0.15) is 5.75 Å². The zero-order valence-electron chi connectivity index (χ0n) is 15.4. The van der Waals surface area contributed by atoms with Gasteiger partial charge in [0.2, 0.25) is 11.8 Å². The van der Waals surface area contributed by atoms with Crippen molar-refractivity contribution < 1.29 is 14.3 Å². The highest BCUT2D eigenvalue weighted by atomic mass is 16.5. The van der Waals surface area contributed by atoms with Gasteiger partial charge in [-0.25, -0.2) is 0 Å². The molecule has 3 N–H and O–H groups in total. The summed E-state index contributed by atoms with van der Waals surface area (Å²) in [5.74, 6) is 0.171. The van der Waals surface area contributed by atoms with Crippen molar-refractivity contribution in [1.29, 1.82) is 0 Å². The third-order valence-corrected chi connectivity index (χ3v) is 4.15. The lowest BCUT2D eigenvalue weighted by atomic mass is 10.1. The van der Waals surface area contributed by atoms with Crippen LogP contribution in [-0.2, 0) is 9.59 Å². The summed E-state index contributed by atoms with van der Waals surface area (Å²) in [5.41, 5.74) is 8.93. The first-order valence-corrected chi connectivity index (χ1v) is 8.44. The molecule has 0 saturated heterocycles. The van der Waals surface area contributed by atoms with Gasteiger partial charge in [-0.05, 0) is 49.2 Å². The Labute approximate surface area is 153 Å². The van der Waals surface area contributed by atoms with Gasteiger partial charge in [0, 0.05) is 24.3 Å². The summed E-state index contributed by atoms with van der Waals surface area (Å²) in [4.78, 5) is 25.6. The third kappa shape index (κ3) is 5.24. The second-order valence-corrected chi connectivity index (χ2v) is 6.15. The Kier molecular flexibility index (Phi) is 6.60. The first-order chi connectivity index (χ1) is 12.4. The summed E-state index contributed by atoms with van der Waals surface area (Å²) in [6, 6.07) is 13.2. The number of benzene rings is 2. The Morgan fingerprint density at radius 3 is 2.23 bits per heavy atom. The van der Waals surface area contributed by atoms with Crippen LogP contribution in [0.2, 0.25) is 0 Å². The van der Waals surface area contributed by atoms with Crippen molar-refractivity contribution in [1.82, 2.24) is 0 Å². The van der Waals surface area contributed by atoms with E-state index in [1.807, 2.05) is 61.2 Å². The fraction of sp³-hybridized carbons (Fsp3) is 0.300. The number of anilines is 2. The van der Waals surface area contributed by atoms with E-state index in [0.29, 0.717) is 6.54 Å². The maximum Gasteiger partial charge on any atom is 0.243 e. The molecule has 0 unspecified atom stereocenters. The summed E-state index contributed by atoms with van der Waals surface area (Å²) >= 11 is 0. The lowest BCUT2D eigenvalue weighted by Gasteiger charge is -2.24. The van der Waals surface area contributed by atoms with E-state index < -0.39 is 5.91 Å². The first kappa shape index (κ1) is 19.3. The van der Waals surface area contributed by atoms with Crippen LogP contribution in [-0.4, -0.2) is 32.0 Å². The topological polar surface area (TPSA) is 84.7 Å². The molecule has 0 aliphatic rings. The number of hydrogen-bond acceptors (Lipinski definition) is 4. The van der Waals surface area contributed by atoms with Crippen LogP contribution >= 0.6 is 0 Å². The van der Waals surface area contributed by atoms with Gasteiger partial charge in [0.25, 0.3) is 0 Å². The molecular weight excluding hydrogens is 330 g/mol. The van der Waals surface area contributed by atoms with E-state index in [-0.39, 0.29) is 18.9 Å². The molecular formula is C20H25N3O3. The summed E-state index contributed by atoms with van der Waals surface area (Å²) < 4.78 is 5.16. The van der Waals surface area contributed by atoms with Gasteiger partial charge in [-0.2, -0.15) is 0 Å². The van der Waals surface area contributed by atoms with Crippen molar-refractivity contribution in [2.45, 2.75) is 20.3 Å². The van der Waals surface area contributed by atoms with Gasteiger partial charge in [-0.1, -0.05) is 18.2 Å². The van der Waals surface area contributed by atoms with Crippen LogP contribution in [0.4, 0.5) is 11.4 Å². The lowest BCUT2D eigenvalue weighted by Crippen LogP contribution is -2.35. The van der Waals surface area contributed by atoms with Crippen molar-refractivity contribution in [2.75, 3.05) is 30.4 Å². The zero-order chi connectivity index (χ0) is 19.1. The molecule has 0 aromatic heterocycles. The molecule has 0 heterocycles. The van der Waals surface area contributed by atoms with Crippen LogP contribution < -0.4 is 20.7 Å². The summed E-state index contributed by atoms with van der Waals surface area (Å²) in [6.45, 7) is 4.39. The number of aryl methyl sites for hydroxylation is 2. The van der Waals surface area contributed by atoms with Crippen molar-refractivity contribution in [3.8, 4) is 5.75 Å². The molecule has 0 atom stereocenters. The Morgan fingerprint density at radius 2 is 1.69 bits per heavy atom. The molecule has 138 valence electrons. The summed E-state index contributed by atoms with van der Waals surface area (Å²) in [5, 5.41) is 2.97. The van der Waals surface area contributed by atoms with E-state index in [4.69, 9.17) is 10.5 Å². The van der Waals surface area contributed by atoms with Gasteiger partial charge >= 0.3 is 0 Å². The second kappa shape index (κ2) is 8.89. The third-order valence-electron chi connectivity index (χ3n) is 4.15. The van der Waals surface area contributed by atoms with Crippen LogP contribution in [0.25, 0.3) is 0 Å². The average Bonchev–Trinajstić information content (AvgIpc) is 2.62. The molecule has 0 saturated carbocycles. The second-order valence-electron chi connectivity index (χ2n) is 6.15. The van der Waals surface area contributed by atoms with Crippen molar-refractivity contribution in [2.24, 2.45) is 5.73 Å². The first-order valence-electron chi connectivity index (χ1n) is 8.44. The van der Waals surface area contributed by atoms with Crippen LogP contribution in [0.1, 0.15) is 17.5 Å². The van der Waals surface area contributed by atoms with Crippen LogP contribution in [0.15, 0.2) is 42.5 Å². The number of ether oxygens (including phenoxy) is 1. The van der Waals surface area contributed by atoms with Gasteiger partial charge < -0.3 is 20.7 Å². The zero-order valence-corrected chi connectivity index (χ0v) is 15.4. The van der Waals surface area contributed by atoms with Gasteiger partial charge in [-0.15, -0.1) is 0 Å². The molecule has 0 radical (unpaired) electrons. The number of amides is 2.